The lowest BCUT2D eigenvalue weighted by Gasteiger charge is -2.14. The molecule has 24 heavy (non-hydrogen) atoms. The minimum absolute atomic E-state index is 0.264. The van der Waals surface area contributed by atoms with Crippen LogP contribution in [-0.4, -0.2) is 24.6 Å². The Hall–Kier alpha value is -2.82. The molecule has 0 saturated heterocycles. The van der Waals surface area contributed by atoms with Gasteiger partial charge in [-0.3, -0.25) is 4.79 Å². The highest BCUT2D eigenvalue weighted by molar-refractivity contribution is 5.95. The fraction of sp³-hybridized carbons (Fsp3) is 0.263. The van der Waals surface area contributed by atoms with Crippen molar-refractivity contribution < 1.29 is 19.1 Å². The van der Waals surface area contributed by atoms with Gasteiger partial charge in [-0.05, 0) is 49.7 Å². The maximum Gasteiger partial charge on any atom is 0.338 e. The van der Waals surface area contributed by atoms with E-state index in [0.717, 1.165) is 6.42 Å². The number of amides is 1. The quantitative estimate of drug-likeness (QED) is 0.788. The molecular formula is C19H21NO4. The van der Waals surface area contributed by atoms with Crippen molar-refractivity contribution in [2.75, 3.05) is 11.9 Å². The fourth-order valence-electron chi connectivity index (χ4n) is 1.97. The molecule has 0 aliphatic rings. The van der Waals surface area contributed by atoms with E-state index in [1.807, 2.05) is 25.1 Å². The molecule has 1 amide bonds. The van der Waals surface area contributed by atoms with E-state index in [-0.39, 0.29) is 11.9 Å². The summed E-state index contributed by atoms with van der Waals surface area (Å²) < 4.78 is 10.6. The van der Waals surface area contributed by atoms with Crippen LogP contribution in [0.2, 0.25) is 0 Å². The van der Waals surface area contributed by atoms with Gasteiger partial charge < -0.3 is 14.8 Å². The highest BCUT2D eigenvalue weighted by Crippen LogP contribution is 2.14. The number of esters is 1. The van der Waals surface area contributed by atoms with Crippen molar-refractivity contribution in [1.82, 2.24) is 0 Å². The molecule has 2 aromatic rings. The zero-order valence-electron chi connectivity index (χ0n) is 13.8. The summed E-state index contributed by atoms with van der Waals surface area (Å²) in [6.45, 7) is 4.01. The Kier molecular flexibility index (Phi) is 6.37. The molecule has 126 valence electrons. The summed E-state index contributed by atoms with van der Waals surface area (Å²) in [7, 11) is 0. The zero-order chi connectivity index (χ0) is 17.4. The lowest BCUT2D eigenvalue weighted by atomic mass is 10.2. The first-order valence-electron chi connectivity index (χ1n) is 7.90. The SMILES string of the molecule is CCCOC(=O)c1ccc(NC(=O)C(C)Oc2ccccc2)cc1. The van der Waals surface area contributed by atoms with E-state index in [4.69, 9.17) is 9.47 Å². The largest absolute Gasteiger partial charge is 0.481 e. The van der Waals surface area contributed by atoms with Crippen LogP contribution in [0.5, 0.6) is 5.75 Å². The average molecular weight is 327 g/mol. The summed E-state index contributed by atoms with van der Waals surface area (Å²) in [6, 6.07) is 15.7. The molecule has 0 aliphatic heterocycles. The van der Waals surface area contributed by atoms with Gasteiger partial charge in [0.1, 0.15) is 5.75 Å². The standard InChI is InChI=1S/C19H21NO4/c1-3-13-23-19(22)15-9-11-16(12-10-15)20-18(21)14(2)24-17-7-5-4-6-8-17/h4-12,14H,3,13H2,1-2H3,(H,20,21). The number of nitrogens with one attached hydrogen (secondary N) is 1. The van der Waals surface area contributed by atoms with Crippen molar-refractivity contribution in [3.8, 4) is 5.75 Å². The summed E-state index contributed by atoms with van der Waals surface area (Å²) in [4.78, 5) is 23.9. The molecule has 0 fully saturated rings. The normalized spacial score (nSPS) is 11.4. The second-order valence-corrected chi connectivity index (χ2v) is 5.28. The molecule has 0 bridgehead atoms. The van der Waals surface area contributed by atoms with Gasteiger partial charge in [0, 0.05) is 5.69 Å². The van der Waals surface area contributed by atoms with E-state index in [9.17, 15) is 9.59 Å². The first-order chi connectivity index (χ1) is 11.6. The molecule has 1 atom stereocenters. The van der Waals surface area contributed by atoms with Gasteiger partial charge in [0.05, 0.1) is 12.2 Å². The minimum Gasteiger partial charge on any atom is -0.481 e. The van der Waals surface area contributed by atoms with Gasteiger partial charge in [0.2, 0.25) is 0 Å². The molecule has 5 nitrogen and oxygen atoms in total. The van der Waals surface area contributed by atoms with Gasteiger partial charge in [0.25, 0.3) is 5.91 Å². The van der Waals surface area contributed by atoms with E-state index >= 15 is 0 Å². The van der Waals surface area contributed by atoms with Gasteiger partial charge in [-0.15, -0.1) is 0 Å². The lowest BCUT2D eigenvalue weighted by Crippen LogP contribution is -2.30. The summed E-state index contributed by atoms with van der Waals surface area (Å²) >= 11 is 0. The van der Waals surface area contributed by atoms with Crippen LogP contribution in [0, 0.1) is 0 Å². The molecule has 2 aromatic carbocycles. The van der Waals surface area contributed by atoms with E-state index in [1.54, 1.807) is 43.3 Å². The Morgan fingerprint density at radius 1 is 1.04 bits per heavy atom. The topological polar surface area (TPSA) is 64.6 Å². The molecular weight excluding hydrogens is 306 g/mol. The van der Waals surface area contributed by atoms with E-state index in [1.165, 1.54) is 0 Å². The van der Waals surface area contributed by atoms with Gasteiger partial charge in [-0.25, -0.2) is 4.79 Å². The third-order valence-corrected chi connectivity index (χ3v) is 3.25. The van der Waals surface area contributed by atoms with Crippen LogP contribution in [0.25, 0.3) is 0 Å². The van der Waals surface area contributed by atoms with Crippen LogP contribution in [0.15, 0.2) is 54.6 Å². The number of ether oxygens (including phenoxy) is 2. The Labute approximate surface area is 141 Å². The zero-order valence-corrected chi connectivity index (χ0v) is 13.8. The van der Waals surface area contributed by atoms with Gasteiger partial charge in [-0.1, -0.05) is 25.1 Å². The third kappa shape index (κ3) is 5.12. The predicted octanol–water partition coefficient (Wildman–Crippen LogP) is 3.66. The van der Waals surface area contributed by atoms with Crippen molar-refractivity contribution in [3.63, 3.8) is 0 Å². The number of rotatable bonds is 7. The molecule has 0 heterocycles. The lowest BCUT2D eigenvalue weighted by molar-refractivity contribution is -0.122. The summed E-state index contributed by atoms with van der Waals surface area (Å²) in [5.41, 5.74) is 1.05. The van der Waals surface area contributed by atoms with Gasteiger partial charge >= 0.3 is 5.97 Å². The van der Waals surface area contributed by atoms with Gasteiger partial charge in [0.15, 0.2) is 6.10 Å². The number of carbonyl (C=O) groups is 2. The first-order valence-corrected chi connectivity index (χ1v) is 7.90. The second-order valence-electron chi connectivity index (χ2n) is 5.28. The monoisotopic (exact) mass is 327 g/mol. The van der Waals surface area contributed by atoms with Crippen LogP contribution in [-0.2, 0) is 9.53 Å². The average Bonchev–Trinajstić information content (AvgIpc) is 2.61. The molecule has 0 aliphatic carbocycles. The second kappa shape index (κ2) is 8.72. The maximum absolute atomic E-state index is 12.1. The molecule has 1 N–H and O–H groups in total. The highest BCUT2D eigenvalue weighted by Gasteiger charge is 2.15. The van der Waals surface area contributed by atoms with E-state index in [0.29, 0.717) is 23.6 Å². The Balaban J connectivity index is 1.90. The molecule has 0 spiro atoms. The molecule has 0 aromatic heterocycles. The van der Waals surface area contributed by atoms with Gasteiger partial charge in [-0.2, -0.15) is 0 Å². The number of hydrogen-bond acceptors (Lipinski definition) is 4. The summed E-state index contributed by atoms with van der Waals surface area (Å²) in [6.07, 6.45) is 0.140. The Bertz CT molecular complexity index is 668. The molecule has 1 unspecified atom stereocenters. The first kappa shape index (κ1) is 17.5. The number of benzene rings is 2. The summed E-state index contributed by atoms with van der Waals surface area (Å²) in [5.74, 6) is 0.00448. The third-order valence-electron chi connectivity index (χ3n) is 3.25. The maximum atomic E-state index is 12.1. The van der Waals surface area contributed by atoms with Crippen molar-refractivity contribution >= 4 is 17.6 Å². The highest BCUT2D eigenvalue weighted by atomic mass is 16.5. The van der Waals surface area contributed by atoms with Crippen molar-refractivity contribution in [3.05, 3.63) is 60.2 Å². The number of hydrogen-bond donors (Lipinski definition) is 1. The van der Waals surface area contributed by atoms with Crippen molar-refractivity contribution in [2.45, 2.75) is 26.4 Å². The molecule has 2 rings (SSSR count). The Morgan fingerprint density at radius 2 is 1.71 bits per heavy atom. The van der Waals surface area contributed by atoms with E-state index < -0.39 is 6.10 Å². The fourth-order valence-corrected chi connectivity index (χ4v) is 1.97. The Morgan fingerprint density at radius 3 is 2.33 bits per heavy atom. The smallest absolute Gasteiger partial charge is 0.338 e. The number of carbonyl (C=O) groups excluding carboxylic acids is 2. The minimum atomic E-state index is -0.637. The predicted molar refractivity (Wildman–Crippen MR) is 92.2 cm³/mol. The van der Waals surface area contributed by atoms with Crippen LogP contribution >= 0.6 is 0 Å². The van der Waals surface area contributed by atoms with Crippen molar-refractivity contribution in [1.29, 1.82) is 0 Å². The number of anilines is 1. The van der Waals surface area contributed by atoms with Crippen LogP contribution in [0.4, 0.5) is 5.69 Å². The molecule has 5 heteroatoms. The molecule has 0 saturated carbocycles. The van der Waals surface area contributed by atoms with Crippen molar-refractivity contribution in [2.24, 2.45) is 0 Å². The van der Waals surface area contributed by atoms with Crippen LogP contribution in [0.3, 0.4) is 0 Å². The summed E-state index contributed by atoms with van der Waals surface area (Å²) in [5, 5.41) is 2.76. The van der Waals surface area contributed by atoms with Crippen LogP contribution < -0.4 is 10.1 Å². The number of para-hydroxylation sites is 1. The van der Waals surface area contributed by atoms with Crippen LogP contribution in [0.1, 0.15) is 30.6 Å². The molecule has 0 radical (unpaired) electrons. The van der Waals surface area contributed by atoms with E-state index in [2.05, 4.69) is 5.32 Å².